The Kier molecular flexibility index (Phi) is 6.12. The largest absolute Gasteiger partial charge is 0.432 e. The van der Waals surface area contributed by atoms with E-state index in [4.69, 9.17) is 4.74 Å². The lowest BCUT2D eigenvalue weighted by atomic mass is 9.82. The Labute approximate surface area is 207 Å². The van der Waals surface area contributed by atoms with Crippen LogP contribution in [0, 0.1) is 5.92 Å². The lowest BCUT2D eigenvalue weighted by molar-refractivity contribution is -0.149. The standard InChI is InChI=1S/C27H34N2O5Si/c1-18-25(35(2,3)33)23(16-24(31)28-15-9-12-20(28)17-30)34-27(18)21-13-7-8-14-22(21)29(26(27)32)19-10-5-4-6-11-19/h4-8,10-11,13-14,18,20,23,25,30,33H,9,12,15-17H2,1-3H3/t18-,20+,23+,25-,27+/m1/s1. The number of nitrogens with zero attached hydrogens (tertiary/aromatic N) is 2. The van der Waals surface area contributed by atoms with Gasteiger partial charge in [-0.1, -0.05) is 43.3 Å². The van der Waals surface area contributed by atoms with Crippen molar-refractivity contribution in [3.8, 4) is 0 Å². The molecule has 5 rings (SSSR count). The minimum atomic E-state index is -2.84. The Hall–Kier alpha value is -2.52. The predicted octanol–water partition coefficient (Wildman–Crippen LogP) is 3.54. The fourth-order valence-electron chi connectivity index (χ4n) is 6.63. The molecule has 2 amide bonds. The molecule has 2 N–H and O–H groups in total. The molecule has 7 nitrogen and oxygen atoms in total. The van der Waals surface area contributed by atoms with Crippen LogP contribution in [0.15, 0.2) is 54.6 Å². The molecule has 5 atom stereocenters. The van der Waals surface area contributed by atoms with E-state index in [1.807, 2.05) is 74.6 Å². The Bertz CT molecular complexity index is 1120. The molecule has 2 aromatic carbocycles. The van der Waals surface area contributed by atoms with Crippen LogP contribution < -0.4 is 4.90 Å². The first kappa shape index (κ1) is 24.2. The van der Waals surface area contributed by atoms with Crippen LogP contribution in [0.2, 0.25) is 18.6 Å². The first-order chi connectivity index (χ1) is 16.7. The first-order valence-corrected chi connectivity index (χ1v) is 15.5. The van der Waals surface area contributed by atoms with Crippen molar-refractivity contribution in [1.29, 1.82) is 0 Å². The number of amides is 2. The summed E-state index contributed by atoms with van der Waals surface area (Å²) in [5, 5.41) is 9.71. The van der Waals surface area contributed by atoms with Crippen molar-refractivity contribution in [3.05, 3.63) is 60.2 Å². The first-order valence-electron chi connectivity index (χ1n) is 12.5. The average molecular weight is 495 g/mol. The number of hydrogen-bond acceptors (Lipinski definition) is 5. The lowest BCUT2D eigenvalue weighted by Gasteiger charge is -2.32. The fourth-order valence-corrected chi connectivity index (χ4v) is 9.19. The second-order valence-corrected chi connectivity index (χ2v) is 14.6. The number of aliphatic hydroxyl groups is 1. The van der Waals surface area contributed by atoms with Crippen LogP contribution in [0.1, 0.15) is 31.7 Å². The third-order valence-electron chi connectivity index (χ3n) is 8.10. The summed E-state index contributed by atoms with van der Waals surface area (Å²) in [4.78, 5) is 42.4. The van der Waals surface area contributed by atoms with Gasteiger partial charge in [0.1, 0.15) is 0 Å². The normalized spacial score (nSPS) is 30.4. The van der Waals surface area contributed by atoms with Gasteiger partial charge in [0.15, 0.2) is 13.9 Å². The van der Waals surface area contributed by atoms with Crippen molar-refractivity contribution in [2.24, 2.45) is 5.92 Å². The van der Waals surface area contributed by atoms with Crippen molar-refractivity contribution in [2.75, 3.05) is 18.1 Å². The van der Waals surface area contributed by atoms with E-state index < -0.39 is 20.0 Å². The number of benzene rings is 2. The van der Waals surface area contributed by atoms with E-state index in [1.165, 1.54) is 0 Å². The topological polar surface area (TPSA) is 90.3 Å². The number of hydrogen-bond donors (Lipinski definition) is 2. The summed E-state index contributed by atoms with van der Waals surface area (Å²) in [6, 6.07) is 17.0. The van der Waals surface area contributed by atoms with Crippen LogP contribution in [0.3, 0.4) is 0 Å². The summed E-state index contributed by atoms with van der Waals surface area (Å²) in [6.07, 6.45) is 1.15. The van der Waals surface area contributed by atoms with Crippen molar-refractivity contribution < 1.29 is 24.2 Å². The molecular formula is C27H34N2O5Si. The van der Waals surface area contributed by atoms with Gasteiger partial charge in [-0.05, 0) is 44.1 Å². The molecule has 8 heteroatoms. The van der Waals surface area contributed by atoms with E-state index in [0.717, 1.165) is 29.8 Å². The molecule has 0 saturated carbocycles. The third-order valence-corrected chi connectivity index (χ3v) is 10.6. The summed E-state index contributed by atoms with van der Waals surface area (Å²) in [6.45, 7) is 6.27. The molecule has 3 aliphatic rings. The van der Waals surface area contributed by atoms with E-state index in [9.17, 15) is 19.5 Å². The molecule has 2 aromatic rings. The van der Waals surface area contributed by atoms with Gasteiger partial charge in [-0.2, -0.15) is 0 Å². The minimum Gasteiger partial charge on any atom is -0.432 e. The number of rotatable bonds is 5. The van der Waals surface area contributed by atoms with Gasteiger partial charge in [-0.15, -0.1) is 0 Å². The molecule has 3 aliphatic heterocycles. The quantitative estimate of drug-likeness (QED) is 0.621. The molecule has 0 aromatic heterocycles. The Morgan fingerprint density at radius 2 is 1.83 bits per heavy atom. The second-order valence-electron chi connectivity index (χ2n) is 10.6. The highest BCUT2D eigenvalue weighted by Crippen LogP contribution is 2.60. The van der Waals surface area contributed by atoms with Gasteiger partial charge in [0, 0.05) is 29.3 Å². The summed E-state index contributed by atoms with van der Waals surface area (Å²) in [5.41, 5.74) is 0.745. The van der Waals surface area contributed by atoms with E-state index >= 15 is 0 Å². The molecule has 0 bridgehead atoms. The zero-order valence-electron chi connectivity index (χ0n) is 20.6. The summed E-state index contributed by atoms with van der Waals surface area (Å²) >= 11 is 0. The number of fused-ring (bicyclic) bond motifs is 2. The number of para-hydroxylation sites is 2. The minimum absolute atomic E-state index is 0.0564. The Balaban J connectivity index is 1.55. The highest BCUT2D eigenvalue weighted by Gasteiger charge is 2.66. The zero-order chi connectivity index (χ0) is 25.0. The maximum absolute atomic E-state index is 14.3. The molecule has 35 heavy (non-hydrogen) atoms. The summed E-state index contributed by atoms with van der Waals surface area (Å²) in [5.74, 6) is -0.579. The van der Waals surface area contributed by atoms with E-state index in [2.05, 4.69) is 0 Å². The summed E-state index contributed by atoms with van der Waals surface area (Å²) in [7, 11) is -2.84. The molecule has 0 aliphatic carbocycles. The highest BCUT2D eigenvalue weighted by molar-refractivity contribution is 6.71. The van der Waals surface area contributed by atoms with Crippen LogP contribution in [-0.4, -0.2) is 60.2 Å². The van der Waals surface area contributed by atoms with Crippen molar-refractivity contribution in [3.63, 3.8) is 0 Å². The second kappa shape index (κ2) is 8.85. The SMILES string of the molecule is C[C@@H]1[C@@H]([Si](C)(C)O)[C@H](CC(=O)N2CCC[C@H]2CO)O[C@@]12C(=O)N(c1ccccc1)c1ccccc12. The predicted molar refractivity (Wildman–Crippen MR) is 136 cm³/mol. The fraction of sp³-hybridized carbons (Fsp3) is 0.481. The van der Waals surface area contributed by atoms with Gasteiger partial charge in [-0.3, -0.25) is 14.5 Å². The number of anilines is 2. The van der Waals surface area contributed by atoms with Crippen LogP contribution in [0.5, 0.6) is 0 Å². The maximum atomic E-state index is 14.3. The Morgan fingerprint density at radius 1 is 1.14 bits per heavy atom. The molecule has 2 saturated heterocycles. The highest BCUT2D eigenvalue weighted by atomic mass is 28.4. The molecule has 3 heterocycles. The van der Waals surface area contributed by atoms with E-state index in [0.29, 0.717) is 6.54 Å². The van der Waals surface area contributed by atoms with Crippen molar-refractivity contribution in [1.82, 2.24) is 4.90 Å². The van der Waals surface area contributed by atoms with E-state index in [1.54, 1.807) is 9.80 Å². The number of carbonyl (C=O) groups excluding carboxylic acids is 2. The number of aliphatic hydroxyl groups excluding tert-OH is 1. The molecule has 2 fully saturated rings. The molecule has 0 unspecified atom stereocenters. The van der Waals surface area contributed by atoms with Crippen LogP contribution >= 0.6 is 0 Å². The number of likely N-dealkylation sites (tertiary alicyclic amines) is 1. The van der Waals surface area contributed by atoms with Gasteiger partial charge < -0.3 is 19.5 Å². The smallest absolute Gasteiger partial charge is 0.268 e. The van der Waals surface area contributed by atoms with Gasteiger partial charge in [0.2, 0.25) is 5.91 Å². The Morgan fingerprint density at radius 3 is 2.51 bits per heavy atom. The van der Waals surface area contributed by atoms with Crippen molar-refractivity contribution >= 4 is 31.5 Å². The van der Waals surface area contributed by atoms with Gasteiger partial charge in [0.05, 0.1) is 30.9 Å². The monoisotopic (exact) mass is 494 g/mol. The number of ether oxygens (including phenoxy) is 1. The van der Waals surface area contributed by atoms with Crippen LogP contribution in [0.4, 0.5) is 11.4 Å². The molecular weight excluding hydrogens is 460 g/mol. The lowest BCUT2D eigenvalue weighted by Crippen LogP contribution is -2.45. The van der Waals surface area contributed by atoms with E-state index in [-0.39, 0.29) is 42.3 Å². The molecule has 0 radical (unpaired) electrons. The third kappa shape index (κ3) is 3.74. The van der Waals surface area contributed by atoms with Gasteiger partial charge >= 0.3 is 0 Å². The van der Waals surface area contributed by atoms with Crippen LogP contribution in [-0.2, 0) is 19.9 Å². The number of carbonyl (C=O) groups is 2. The van der Waals surface area contributed by atoms with Gasteiger partial charge in [-0.25, -0.2) is 0 Å². The molecule has 186 valence electrons. The average Bonchev–Trinajstić information content (AvgIpc) is 3.49. The van der Waals surface area contributed by atoms with Crippen LogP contribution in [0.25, 0.3) is 0 Å². The van der Waals surface area contributed by atoms with Crippen molar-refractivity contribution in [2.45, 2.75) is 62.6 Å². The zero-order valence-corrected chi connectivity index (χ0v) is 21.6. The van der Waals surface area contributed by atoms with Gasteiger partial charge in [0.25, 0.3) is 5.91 Å². The molecule has 1 spiro atoms. The summed E-state index contributed by atoms with van der Waals surface area (Å²) < 4.78 is 6.72. The maximum Gasteiger partial charge on any atom is 0.268 e.